The molecule has 0 aliphatic rings. The normalized spacial score (nSPS) is 11.2. The second-order valence-corrected chi connectivity index (χ2v) is 5.37. The fourth-order valence-electron chi connectivity index (χ4n) is 2.84. The summed E-state index contributed by atoms with van der Waals surface area (Å²) >= 11 is 0. The molecule has 7 nitrogen and oxygen atoms in total. The first-order chi connectivity index (χ1) is 11.6. The quantitative estimate of drug-likeness (QED) is 0.502. The van der Waals surface area contributed by atoms with Crippen molar-refractivity contribution in [2.45, 2.75) is 6.92 Å². The molecular formula is C17H13N3O4. The van der Waals surface area contributed by atoms with Crippen molar-refractivity contribution in [3.63, 3.8) is 0 Å². The van der Waals surface area contributed by atoms with Crippen LogP contribution in [0.1, 0.15) is 17.3 Å². The van der Waals surface area contributed by atoms with Gasteiger partial charge in [0.1, 0.15) is 5.69 Å². The lowest BCUT2D eigenvalue weighted by molar-refractivity contribution is 0.101. The van der Waals surface area contributed by atoms with Gasteiger partial charge in [-0.15, -0.1) is 0 Å². The molecule has 3 heterocycles. The molecule has 4 aromatic rings. The maximum atomic E-state index is 12.0. The number of carbonyl (C=O) groups is 1. The highest BCUT2D eigenvalue weighted by atomic mass is 16.3. The predicted molar refractivity (Wildman–Crippen MR) is 86.5 cm³/mol. The Morgan fingerprint density at radius 3 is 2.83 bits per heavy atom. The van der Waals surface area contributed by atoms with Crippen molar-refractivity contribution < 1.29 is 19.4 Å². The SMILES string of the molecule is CC(=O)c1c(O)c(O)n(-c2ccc3nc[nH]c3c2)c1-c1ccco1. The number of nitrogens with zero attached hydrogens (tertiary/aromatic N) is 2. The molecule has 0 unspecified atom stereocenters. The van der Waals surface area contributed by atoms with Crippen LogP contribution in [0.25, 0.3) is 28.2 Å². The first kappa shape index (κ1) is 14.1. The number of imidazole rings is 1. The molecule has 0 fully saturated rings. The van der Waals surface area contributed by atoms with Crippen LogP contribution >= 0.6 is 0 Å². The van der Waals surface area contributed by atoms with E-state index in [1.165, 1.54) is 17.8 Å². The minimum absolute atomic E-state index is 0.00663. The highest BCUT2D eigenvalue weighted by molar-refractivity contribution is 6.04. The van der Waals surface area contributed by atoms with Crippen LogP contribution in [-0.2, 0) is 0 Å². The number of Topliss-reactive ketones (excluding diaryl/α,β-unsaturated/α-hetero) is 1. The second kappa shape index (κ2) is 5.02. The lowest BCUT2D eigenvalue weighted by atomic mass is 10.1. The maximum absolute atomic E-state index is 12.0. The number of aromatic nitrogens is 3. The van der Waals surface area contributed by atoms with Gasteiger partial charge in [-0.2, -0.15) is 0 Å². The molecule has 7 heteroatoms. The van der Waals surface area contributed by atoms with Gasteiger partial charge in [0.2, 0.25) is 5.88 Å². The number of hydrogen-bond donors (Lipinski definition) is 3. The van der Waals surface area contributed by atoms with Gasteiger partial charge in [-0.05, 0) is 37.3 Å². The van der Waals surface area contributed by atoms with Crippen LogP contribution in [-0.4, -0.2) is 30.5 Å². The zero-order valence-corrected chi connectivity index (χ0v) is 12.6. The summed E-state index contributed by atoms with van der Waals surface area (Å²) in [6, 6.07) is 8.60. The Balaban J connectivity index is 2.07. The second-order valence-electron chi connectivity index (χ2n) is 5.37. The first-order valence-electron chi connectivity index (χ1n) is 7.23. The fourth-order valence-corrected chi connectivity index (χ4v) is 2.84. The summed E-state index contributed by atoms with van der Waals surface area (Å²) < 4.78 is 6.78. The molecule has 0 saturated carbocycles. The summed E-state index contributed by atoms with van der Waals surface area (Å²) in [5, 5.41) is 20.7. The molecule has 3 aromatic heterocycles. The van der Waals surface area contributed by atoms with Gasteiger partial charge in [0.15, 0.2) is 17.3 Å². The summed E-state index contributed by atoms with van der Waals surface area (Å²) in [5.74, 6) is -0.917. The molecule has 1 aromatic carbocycles. The molecule has 0 radical (unpaired) electrons. The van der Waals surface area contributed by atoms with Gasteiger partial charge >= 0.3 is 0 Å². The Morgan fingerprint density at radius 1 is 1.29 bits per heavy atom. The Hall–Kier alpha value is -3.48. The average Bonchev–Trinajstić information content (AvgIpc) is 3.27. The molecule has 0 amide bonds. The van der Waals surface area contributed by atoms with Gasteiger partial charge in [-0.3, -0.25) is 9.36 Å². The van der Waals surface area contributed by atoms with Crippen molar-refractivity contribution >= 4 is 16.8 Å². The first-order valence-corrected chi connectivity index (χ1v) is 7.23. The van der Waals surface area contributed by atoms with E-state index in [-0.39, 0.29) is 11.3 Å². The van der Waals surface area contributed by atoms with Crippen LogP contribution in [0.15, 0.2) is 47.3 Å². The van der Waals surface area contributed by atoms with E-state index >= 15 is 0 Å². The van der Waals surface area contributed by atoms with Gasteiger partial charge in [0, 0.05) is 0 Å². The van der Waals surface area contributed by atoms with Gasteiger partial charge in [-0.25, -0.2) is 4.98 Å². The molecule has 0 bridgehead atoms. The van der Waals surface area contributed by atoms with Gasteiger partial charge in [0.25, 0.3) is 0 Å². The van der Waals surface area contributed by atoms with Crippen molar-refractivity contribution in [3.05, 3.63) is 48.5 Å². The number of ketones is 1. The average molecular weight is 323 g/mol. The Kier molecular flexibility index (Phi) is 2.96. The van der Waals surface area contributed by atoms with Crippen LogP contribution < -0.4 is 0 Å². The number of hydrogen-bond acceptors (Lipinski definition) is 5. The number of rotatable bonds is 3. The minimum Gasteiger partial charge on any atom is -0.503 e. The molecular weight excluding hydrogens is 310 g/mol. The van der Waals surface area contributed by atoms with Crippen LogP contribution in [0.3, 0.4) is 0 Å². The summed E-state index contributed by atoms with van der Waals surface area (Å²) in [5.41, 5.74) is 2.38. The lowest BCUT2D eigenvalue weighted by Crippen LogP contribution is -2.00. The van der Waals surface area contributed by atoms with Crippen LogP contribution in [0.5, 0.6) is 11.6 Å². The van der Waals surface area contributed by atoms with Crippen LogP contribution in [0, 0.1) is 0 Å². The van der Waals surface area contributed by atoms with Crippen molar-refractivity contribution in [1.29, 1.82) is 0 Å². The molecule has 24 heavy (non-hydrogen) atoms. The maximum Gasteiger partial charge on any atom is 0.240 e. The van der Waals surface area contributed by atoms with Gasteiger partial charge < -0.3 is 19.6 Å². The largest absolute Gasteiger partial charge is 0.503 e. The molecule has 4 rings (SSSR count). The Morgan fingerprint density at radius 2 is 2.12 bits per heavy atom. The number of carbonyl (C=O) groups excluding carboxylic acids is 1. The molecule has 0 aliphatic carbocycles. The molecule has 0 aliphatic heterocycles. The summed E-state index contributed by atoms with van der Waals surface area (Å²) in [7, 11) is 0. The lowest BCUT2D eigenvalue weighted by Gasteiger charge is -2.09. The highest BCUT2D eigenvalue weighted by Gasteiger charge is 2.28. The monoisotopic (exact) mass is 323 g/mol. The zero-order chi connectivity index (χ0) is 16.8. The Bertz CT molecular complexity index is 1060. The fraction of sp³-hybridized carbons (Fsp3) is 0.0588. The third kappa shape index (κ3) is 1.91. The van der Waals surface area contributed by atoms with E-state index in [0.717, 1.165) is 11.0 Å². The predicted octanol–water partition coefficient (Wildman–Crippen LogP) is 3.23. The van der Waals surface area contributed by atoms with E-state index in [1.54, 1.807) is 36.7 Å². The number of aromatic hydroxyl groups is 2. The van der Waals surface area contributed by atoms with Crippen molar-refractivity contribution in [3.8, 4) is 28.8 Å². The number of fused-ring (bicyclic) bond motifs is 1. The van der Waals surface area contributed by atoms with E-state index in [1.807, 2.05) is 0 Å². The summed E-state index contributed by atoms with van der Waals surface area (Å²) in [6.45, 7) is 1.32. The van der Waals surface area contributed by atoms with Crippen LogP contribution in [0.2, 0.25) is 0 Å². The van der Waals surface area contributed by atoms with Crippen molar-refractivity contribution in [2.75, 3.05) is 0 Å². The van der Waals surface area contributed by atoms with E-state index in [9.17, 15) is 15.0 Å². The topological polar surface area (TPSA) is 104 Å². The Labute approximate surface area is 135 Å². The number of aromatic amines is 1. The number of nitrogens with one attached hydrogen (secondary N) is 1. The minimum atomic E-state index is -0.474. The van der Waals surface area contributed by atoms with E-state index < -0.39 is 11.6 Å². The number of H-pyrrole nitrogens is 1. The van der Waals surface area contributed by atoms with E-state index in [0.29, 0.717) is 17.1 Å². The van der Waals surface area contributed by atoms with E-state index in [2.05, 4.69) is 9.97 Å². The van der Waals surface area contributed by atoms with Gasteiger partial charge in [-0.1, -0.05) is 0 Å². The van der Waals surface area contributed by atoms with Gasteiger partial charge in [0.05, 0.1) is 34.9 Å². The third-order valence-corrected chi connectivity index (χ3v) is 3.89. The standard InChI is InChI=1S/C17H13N3O4/c1-9(21)14-15(13-3-2-6-24-13)20(17(23)16(14)22)10-4-5-11-12(7-10)19-8-18-11/h2-8,22-23H,1H3,(H,18,19). The summed E-state index contributed by atoms with van der Waals surface area (Å²) in [4.78, 5) is 19.1. The summed E-state index contributed by atoms with van der Waals surface area (Å²) in [6.07, 6.45) is 3.03. The number of furan rings is 1. The molecule has 0 spiro atoms. The molecule has 3 N–H and O–H groups in total. The van der Waals surface area contributed by atoms with E-state index in [4.69, 9.17) is 4.42 Å². The number of benzene rings is 1. The third-order valence-electron chi connectivity index (χ3n) is 3.89. The van der Waals surface area contributed by atoms with Crippen molar-refractivity contribution in [1.82, 2.24) is 14.5 Å². The zero-order valence-electron chi connectivity index (χ0n) is 12.6. The smallest absolute Gasteiger partial charge is 0.240 e. The molecule has 120 valence electrons. The molecule has 0 saturated heterocycles. The van der Waals surface area contributed by atoms with Crippen molar-refractivity contribution in [2.24, 2.45) is 0 Å². The molecule has 0 atom stereocenters. The highest BCUT2D eigenvalue weighted by Crippen LogP contribution is 2.43. The van der Waals surface area contributed by atoms with Crippen LogP contribution in [0.4, 0.5) is 0 Å².